The molecule has 0 spiro atoms. The second-order valence-electron chi connectivity index (χ2n) is 5.15. The minimum Gasteiger partial charge on any atom is -0.453 e. The van der Waals surface area contributed by atoms with Crippen LogP contribution < -0.4 is 10.6 Å². The van der Waals surface area contributed by atoms with E-state index in [-0.39, 0.29) is 5.91 Å². The van der Waals surface area contributed by atoms with Gasteiger partial charge < -0.3 is 10.1 Å². The second-order valence-corrected chi connectivity index (χ2v) is 5.15. The molecule has 7 nitrogen and oxygen atoms in total. The number of carbonyl (C=O) groups is 2. The highest BCUT2D eigenvalue weighted by atomic mass is 16.5. The Morgan fingerprint density at radius 2 is 1.76 bits per heavy atom. The van der Waals surface area contributed by atoms with Crippen LogP contribution in [0.5, 0.6) is 0 Å². The van der Waals surface area contributed by atoms with Gasteiger partial charge in [0.25, 0.3) is 5.91 Å². The molecule has 7 heteroatoms. The number of benzene rings is 2. The van der Waals surface area contributed by atoms with E-state index in [1.807, 2.05) is 30.5 Å². The number of nitrogens with one attached hydrogen (secondary N) is 2. The molecule has 2 aromatic carbocycles. The Hall–Kier alpha value is -3.61. The fraction of sp³-hybridized carbons (Fsp3) is 0.0556. The van der Waals surface area contributed by atoms with E-state index >= 15 is 0 Å². The number of rotatable bonds is 4. The third-order valence-electron chi connectivity index (χ3n) is 3.43. The first-order valence-electron chi connectivity index (χ1n) is 7.52. The molecule has 0 aliphatic heterocycles. The van der Waals surface area contributed by atoms with Crippen LogP contribution >= 0.6 is 0 Å². The molecule has 0 fully saturated rings. The molecule has 0 unspecified atom stereocenters. The third kappa shape index (κ3) is 4.03. The largest absolute Gasteiger partial charge is 0.453 e. The van der Waals surface area contributed by atoms with Crippen molar-refractivity contribution < 1.29 is 14.3 Å². The van der Waals surface area contributed by atoms with Crippen LogP contribution in [0.15, 0.2) is 67.0 Å². The molecule has 1 heterocycles. The average Bonchev–Trinajstić information content (AvgIpc) is 3.17. The molecular weight excluding hydrogens is 320 g/mol. The molecule has 0 aliphatic rings. The van der Waals surface area contributed by atoms with Crippen molar-refractivity contribution in [2.24, 2.45) is 0 Å². The Balaban J connectivity index is 1.75. The maximum absolute atomic E-state index is 12.4. The van der Waals surface area contributed by atoms with Crippen LogP contribution in [0.4, 0.5) is 16.2 Å². The SMILES string of the molecule is COC(=O)Nc1cccc(C(=O)Nc2cccc(-n3cccn3)c2)c1. The van der Waals surface area contributed by atoms with Crippen LogP contribution in [0.1, 0.15) is 10.4 Å². The number of aromatic nitrogens is 2. The summed E-state index contributed by atoms with van der Waals surface area (Å²) in [6.07, 6.45) is 2.91. The zero-order valence-electron chi connectivity index (χ0n) is 13.5. The highest BCUT2D eigenvalue weighted by Gasteiger charge is 2.09. The summed E-state index contributed by atoms with van der Waals surface area (Å²) in [6, 6.07) is 15.8. The van der Waals surface area contributed by atoms with E-state index in [2.05, 4.69) is 20.5 Å². The highest BCUT2D eigenvalue weighted by molar-refractivity contribution is 6.05. The van der Waals surface area contributed by atoms with Gasteiger partial charge >= 0.3 is 6.09 Å². The molecular formula is C18H16N4O3. The van der Waals surface area contributed by atoms with E-state index in [1.165, 1.54) is 7.11 Å². The molecule has 2 N–H and O–H groups in total. The fourth-order valence-corrected chi connectivity index (χ4v) is 2.26. The Morgan fingerprint density at radius 1 is 1.00 bits per heavy atom. The van der Waals surface area contributed by atoms with Gasteiger partial charge in [-0.05, 0) is 42.5 Å². The van der Waals surface area contributed by atoms with Crippen LogP contribution in [0.25, 0.3) is 5.69 Å². The van der Waals surface area contributed by atoms with Crippen molar-refractivity contribution in [3.8, 4) is 5.69 Å². The van der Waals surface area contributed by atoms with Gasteiger partial charge in [-0.25, -0.2) is 9.48 Å². The molecule has 0 saturated heterocycles. The van der Waals surface area contributed by atoms with E-state index < -0.39 is 6.09 Å². The number of carbonyl (C=O) groups excluding carboxylic acids is 2. The van der Waals surface area contributed by atoms with Crippen molar-refractivity contribution in [3.05, 3.63) is 72.6 Å². The standard InChI is InChI=1S/C18H16N4O3/c1-25-18(24)21-14-6-2-5-13(11-14)17(23)20-15-7-3-8-16(12-15)22-10-4-9-19-22/h2-12H,1H3,(H,20,23)(H,21,24). The molecule has 0 bridgehead atoms. The topological polar surface area (TPSA) is 85.2 Å². The minimum atomic E-state index is -0.593. The van der Waals surface area contributed by atoms with Gasteiger partial charge in [-0.2, -0.15) is 5.10 Å². The van der Waals surface area contributed by atoms with Crippen LogP contribution in [0, 0.1) is 0 Å². The van der Waals surface area contributed by atoms with Gasteiger partial charge in [0.2, 0.25) is 0 Å². The van der Waals surface area contributed by atoms with Crippen molar-refractivity contribution in [1.82, 2.24) is 9.78 Å². The van der Waals surface area contributed by atoms with Gasteiger partial charge in [-0.15, -0.1) is 0 Å². The first kappa shape index (κ1) is 16.3. The lowest BCUT2D eigenvalue weighted by atomic mass is 10.2. The lowest BCUT2D eigenvalue weighted by Gasteiger charge is -2.09. The zero-order chi connectivity index (χ0) is 17.6. The average molecular weight is 336 g/mol. The van der Waals surface area contributed by atoms with Crippen molar-refractivity contribution in [3.63, 3.8) is 0 Å². The number of amides is 2. The minimum absolute atomic E-state index is 0.286. The number of hydrogen-bond acceptors (Lipinski definition) is 4. The number of methoxy groups -OCH3 is 1. The zero-order valence-corrected chi connectivity index (χ0v) is 13.5. The summed E-state index contributed by atoms with van der Waals surface area (Å²) >= 11 is 0. The lowest BCUT2D eigenvalue weighted by molar-refractivity contribution is 0.102. The molecule has 3 rings (SSSR count). The number of ether oxygens (including phenoxy) is 1. The quantitative estimate of drug-likeness (QED) is 0.765. The van der Waals surface area contributed by atoms with Crippen molar-refractivity contribution in [2.45, 2.75) is 0 Å². The summed E-state index contributed by atoms with van der Waals surface area (Å²) in [5, 5.41) is 9.52. The summed E-state index contributed by atoms with van der Waals surface area (Å²) in [6.45, 7) is 0. The van der Waals surface area contributed by atoms with Gasteiger partial charge in [0.05, 0.1) is 12.8 Å². The first-order chi connectivity index (χ1) is 12.2. The van der Waals surface area contributed by atoms with Crippen molar-refractivity contribution in [1.29, 1.82) is 0 Å². The van der Waals surface area contributed by atoms with Gasteiger partial charge in [-0.3, -0.25) is 10.1 Å². The highest BCUT2D eigenvalue weighted by Crippen LogP contribution is 2.16. The maximum atomic E-state index is 12.4. The summed E-state index contributed by atoms with van der Waals surface area (Å²) in [7, 11) is 1.28. The van der Waals surface area contributed by atoms with Gasteiger partial charge in [0, 0.05) is 29.3 Å². The molecule has 0 radical (unpaired) electrons. The molecule has 1 aromatic heterocycles. The maximum Gasteiger partial charge on any atom is 0.411 e. The van der Waals surface area contributed by atoms with Crippen LogP contribution in [0.2, 0.25) is 0 Å². The lowest BCUT2D eigenvalue weighted by Crippen LogP contribution is -2.14. The predicted octanol–water partition coefficient (Wildman–Crippen LogP) is 3.30. The van der Waals surface area contributed by atoms with E-state index in [9.17, 15) is 9.59 Å². The Bertz CT molecular complexity index is 891. The number of hydrogen-bond donors (Lipinski definition) is 2. The summed E-state index contributed by atoms with van der Waals surface area (Å²) in [4.78, 5) is 23.7. The molecule has 3 aromatic rings. The summed E-state index contributed by atoms with van der Waals surface area (Å²) in [5.41, 5.74) is 2.37. The fourth-order valence-electron chi connectivity index (χ4n) is 2.26. The van der Waals surface area contributed by atoms with Crippen molar-refractivity contribution >= 4 is 23.4 Å². The van der Waals surface area contributed by atoms with E-state index in [4.69, 9.17) is 0 Å². The summed E-state index contributed by atoms with van der Waals surface area (Å²) in [5.74, 6) is -0.286. The molecule has 0 atom stereocenters. The normalized spacial score (nSPS) is 10.1. The van der Waals surface area contributed by atoms with Crippen LogP contribution in [-0.4, -0.2) is 28.9 Å². The smallest absolute Gasteiger partial charge is 0.411 e. The Labute approximate surface area is 144 Å². The number of anilines is 2. The molecule has 0 saturated carbocycles. The number of nitrogens with zero attached hydrogens (tertiary/aromatic N) is 2. The third-order valence-corrected chi connectivity index (χ3v) is 3.43. The van der Waals surface area contributed by atoms with Crippen molar-refractivity contribution in [2.75, 3.05) is 17.7 Å². The molecule has 25 heavy (non-hydrogen) atoms. The molecule has 0 aliphatic carbocycles. The molecule has 2 amide bonds. The van der Waals surface area contributed by atoms with E-state index in [1.54, 1.807) is 41.2 Å². The van der Waals surface area contributed by atoms with Gasteiger partial charge in [-0.1, -0.05) is 12.1 Å². The van der Waals surface area contributed by atoms with E-state index in [0.29, 0.717) is 16.9 Å². The predicted molar refractivity (Wildman–Crippen MR) is 94.0 cm³/mol. The van der Waals surface area contributed by atoms with Crippen LogP contribution in [0.3, 0.4) is 0 Å². The van der Waals surface area contributed by atoms with Crippen LogP contribution in [-0.2, 0) is 4.74 Å². The Morgan fingerprint density at radius 3 is 2.48 bits per heavy atom. The molecule has 126 valence electrons. The monoisotopic (exact) mass is 336 g/mol. The van der Waals surface area contributed by atoms with E-state index in [0.717, 1.165) is 5.69 Å². The Kier molecular flexibility index (Phi) is 4.75. The summed E-state index contributed by atoms with van der Waals surface area (Å²) < 4.78 is 6.24. The second kappa shape index (κ2) is 7.31. The first-order valence-corrected chi connectivity index (χ1v) is 7.52. The van der Waals surface area contributed by atoms with Gasteiger partial charge in [0.15, 0.2) is 0 Å². The van der Waals surface area contributed by atoms with Gasteiger partial charge in [0.1, 0.15) is 0 Å².